The maximum absolute atomic E-state index is 13.5. The summed E-state index contributed by atoms with van der Waals surface area (Å²) >= 11 is 11.6. The fraction of sp³-hybridized carbons (Fsp3) is 0.211. The molecule has 2 aromatic carbocycles. The number of hydrogen-bond donors (Lipinski definition) is 0. The Bertz CT molecular complexity index is 753. The Morgan fingerprint density at radius 2 is 1.71 bits per heavy atom. The molecule has 5 heteroatoms. The molecule has 126 valence electrons. The maximum atomic E-state index is 13.5. The van der Waals surface area contributed by atoms with Crippen LogP contribution in [-0.4, -0.2) is 18.9 Å². The monoisotopic (exact) mass is 365 g/mol. The van der Waals surface area contributed by atoms with Crippen molar-refractivity contribution >= 4 is 40.7 Å². The minimum Gasteiger partial charge on any atom is -0.372 e. The molecule has 0 heterocycles. The van der Waals surface area contributed by atoms with Gasteiger partial charge in [-0.3, -0.25) is 4.79 Å². The van der Waals surface area contributed by atoms with E-state index in [4.69, 9.17) is 23.2 Å². The van der Waals surface area contributed by atoms with Gasteiger partial charge in [0.1, 0.15) is 5.82 Å². The third kappa shape index (κ3) is 4.37. The summed E-state index contributed by atoms with van der Waals surface area (Å²) in [4.78, 5) is 14.4. The lowest BCUT2D eigenvalue weighted by Crippen LogP contribution is -2.21. The molecule has 0 amide bonds. The number of anilines is 1. The van der Waals surface area contributed by atoms with Crippen LogP contribution in [0.15, 0.2) is 42.5 Å². The van der Waals surface area contributed by atoms with Gasteiger partial charge in [0, 0.05) is 24.3 Å². The van der Waals surface area contributed by atoms with Crippen LogP contribution in [0.2, 0.25) is 10.0 Å². The topological polar surface area (TPSA) is 20.3 Å². The van der Waals surface area contributed by atoms with Crippen molar-refractivity contribution in [3.05, 3.63) is 69.5 Å². The van der Waals surface area contributed by atoms with Crippen molar-refractivity contribution < 1.29 is 9.18 Å². The summed E-state index contributed by atoms with van der Waals surface area (Å²) < 4.78 is 13.5. The summed E-state index contributed by atoms with van der Waals surface area (Å²) in [6.45, 7) is 6.07. The Morgan fingerprint density at radius 3 is 2.29 bits per heavy atom. The summed E-state index contributed by atoms with van der Waals surface area (Å²) in [7, 11) is 0. The number of benzene rings is 2. The highest BCUT2D eigenvalue weighted by atomic mass is 35.5. The third-order valence-corrected chi connectivity index (χ3v) is 4.33. The number of hydrogen-bond acceptors (Lipinski definition) is 2. The Morgan fingerprint density at radius 1 is 1.08 bits per heavy atom. The summed E-state index contributed by atoms with van der Waals surface area (Å²) in [5.41, 5.74) is 2.10. The van der Waals surface area contributed by atoms with E-state index in [1.165, 1.54) is 12.1 Å². The van der Waals surface area contributed by atoms with Crippen LogP contribution in [0.5, 0.6) is 0 Å². The number of carbonyl (C=O) groups is 1. The van der Waals surface area contributed by atoms with E-state index in [0.29, 0.717) is 0 Å². The summed E-state index contributed by atoms with van der Waals surface area (Å²) in [5, 5.41) is 0.0282. The first-order valence-corrected chi connectivity index (χ1v) is 8.43. The molecule has 24 heavy (non-hydrogen) atoms. The van der Waals surface area contributed by atoms with Crippen LogP contribution in [0.3, 0.4) is 0 Å². The molecule has 2 aromatic rings. The second kappa shape index (κ2) is 8.32. The number of ketones is 1. The SMILES string of the molecule is CCN(CC)c1ccc(/C=C/C(=O)c2cc(F)c(Cl)cc2Cl)cc1. The minimum absolute atomic E-state index is 0.0922. The van der Waals surface area contributed by atoms with Gasteiger partial charge in [-0.15, -0.1) is 0 Å². The Kier molecular flexibility index (Phi) is 6.41. The van der Waals surface area contributed by atoms with E-state index in [-0.39, 0.29) is 21.4 Å². The molecule has 0 unspecified atom stereocenters. The van der Waals surface area contributed by atoms with Crippen LogP contribution < -0.4 is 4.90 Å². The summed E-state index contributed by atoms with van der Waals surface area (Å²) in [6, 6.07) is 10.2. The van der Waals surface area contributed by atoms with Gasteiger partial charge in [0.05, 0.1) is 10.0 Å². The van der Waals surface area contributed by atoms with Gasteiger partial charge in [-0.2, -0.15) is 0 Å². The molecule has 0 fully saturated rings. The Labute approximate surface area is 151 Å². The van der Waals surface area contributed by atoms with E-state index in [9.17, 15) is 9.18 Å². The van der Waals surface area contributed by atoms with Gasteiger partial charge in [0.15, 0.2) is 5.78 Å². The zero-order valence-corrected chi connectivity index (χ0v) is 15.0. The quantitative estimate of drug-likeness (QED) is 0.362. The van der Waals surface area contributed by atoms with Gasteiger partial charge in [0.25, 0.3) is 0 Å². The molecular formula is C19H18Cl2FNO. The zero-order valence-electron chi connectivity index (χ0n) is 13.5. The zero-order chi connectivity index (χ0) is 17.7. The van der Waals surface area contributed by atoms with Gasteiger partial charge >= 0.3 is 0 Å². The Hall–Kier alpha value is -1.84. The fourth-order valence-electron chi connectivity index (χ4n) is 2.36. The van der Waals surface area contributed by atoms with Gasteiger partial charge < -0.3 is 4.90 Å². The predicted octanol–water partition coefficient (Wildman–Crippen LogP) is 5.87. The van der Waals surface area contributed by atoms with Crippen LogP contribution in [0.25, 0.3) is 6.08 Å². The normalized spacial score (nSPS) is 11.0. The number of halogens is 3. The fourth-order valence-corrected chi connectivity index (χ4v) is 2.83. The summed E-state index contributed by atoms with van der Waals surface area (Å²) in [5.74, 6) is -1.04. The van der Waals surface area contributed by atoms with Crippen molar-refractivity contribution in [1.29, 1.82) is 0 Å². The van der Waals surface area contributed by atoms with Crippen molar-refractivity contribution in [3.63, 3.8) is 0 Å². The maximum Gasteiger partial charge on any atom is 0.187 e. The average molecular weight is 366 g/mol. The van der Waals surface area contributed by atoms with E-state index in [2.05, 4.69) is 18.7 Å². The smallest absolute Gasteiger partial charge is 0.187 e. The van der Waals surface area contributed by atoms with Gasteiger partial charge in [-0.1, -0.05) is 41.4 Å². The van der Waals surface area contributed by atoms with Gasteiger partial charge in [-0.25, -0.2) is 4.39 Å². The number of rotatable bonds is 6. The van der Waals surface area contributed by atoms with Gasteiger partial charge in [0.2, 0.25) is 0 Å². The molecule has 0 bridgehead atoms. The molecule has 0 atom stereocenters. The largest absolute Gasteiger partial charge is 0.372 e. The average Bonchev–Trinajstić information content (AvgIpc) is 2.58. The first kappa shape index (κ1) is 18.5. The lowest BCUT2D eigenvalue weighted by molar-refractivity contribution is 0.104. The molecule has 0 radical (unpaired) electrons. The molecule has 0 aliphatic carbocycles. The second-order valence-corrected chi connectivity index (χ2v) is 6.02. The van der Waals surface area contributed by atoms with Crippen molar-refractivity contribution in [2.75, 3.05) is 18.0 Å². The number of allylic oxidation sites excluding steroid dienone is 1. The van der Waals surface area contributed by atoms with E-state index < -0.39 is 5.82 Å². The third-order valence-electron chi connectivity index (χ3n) is 3.72. The molecule has 0 N–H and O–H groups in total. The van der Waals surface area contributed by atoms with E-state index in [1.54, 1.807) is 6.08 Å². The molecule has 0 aliphatic heterocycles. The van der Waals surface area contributed by atoms with E-state index in [1.807, 2.05) is 24.3 Å². The van der Waals surface area contributed by atoms with Crippen LogP contribution in [0.1, 0.15) is 29.8 Å². The first-order valence-electron chi connectivity index (χ1n) is 7.68. The van der Waals surface area contributed by atoms with Gasteiger partial charge in [-0.05, 0) is 49.8 Å². The van der Waals surface area contributed by atoms with Crippen molar-refractivity contribution in [1.82, 2.24) is 0 Å². The molecule has 2 nitrogen and oxygen atoms in total. The predicted molar refractivity (Wildman–Crippen MR) is 99.8 cm³/mol. The second-order valence-electron chi connectivity index (χ2n) is 5.21. The number of carbonyl (C=O) groups excluding carboxylic acids is 1. The van der Waals surface area contributed by atoms with Crippen molar-refractivity contribution in [3.8, 4) is 0 Å². The molecular weight excluding hydrogens is 348 g/mol. The molecule has 2 rings (SSSR count). The van der Waals surface area contributed by atoms with Crippen molar-refractivity contribution in [2.45, 2.75) is 13.8 Å². The van der Waals surface area contributed by atoms with E-state index >= 15 is 0 Å². The van der Waals surface area contributed by atoms with Crippen LogP contribution in [0, 0.1) is 5.82 Å². The highest BCUT2D eigenvalue weighted by Crippen LogP contribution is 2.25. The molecule has 0 spiro atoms. The lowest BCUT2D eigenvalue weighted by atomic mass is 10.1. The van der Waals surface area contributed by atoms with Crippen molar-refractivity contribution in [2.24, 2.45) is 0 Å². The minimum atomic E-state index is -0.665. The standard InChI is InChI=1S/C19H18Cl2FNO/c1-3-23(4-2)14-8-5-13(6-9-14)7-10-19(24)15-11-18(22)17(21)12-16(15)20/h5-12H,3-4H2,1-2H3/b10-7+. The van der Waals surface area contributed by atoms with Crippen LogP contribution in [0.4, 0.5) is 10.1 Å². The van der Waals surface area contributed by atoms with E-state index in [0.717, 1.165) is 30.4 Å². The summed E-state index contributed by atoms with van der Waals surface area (Å²) in [6.07, 6.45) is 3.05. The van der Waals surface area contributed by atoms with Crippen LogP contribution >= 0.6 is 23.2 Å². The molecule has 0 aliphatic rings. The first-order chi connectivity index (χ1) is 11.5. The lowest BCUT2D eigenvalue weighted by Gasteiger charge is -2.20. The highest BCUT2D eigenvalue weighted by molar-refractivity contribution is 6.37. The number of nitrogens with zero attached hydrogens (tertiary/aromatic N) is 1. The highest BCUT2D eigenvalue weighted by Gasteiger charge is 2.12. The molecule has 0 aromatic heterocycles. The Balaban J connectivity index is 2.16. The molecule has 0 saturated heterocycles. The molecule has 0 saturated carbocycles. The van der Waals surface area contributed by atoms with Crippen LogP contribution in [-0.2, 0) is 0 Å².